The van der Waals surface area contributed by atoms with E-state index in [4.69, 9.17) is 37.9 Å². The first-order valence-electron chi connectivity index (χ1n) is 31.0. The summed E-state index contributed by atoms with van der Waals surface area (Å²) in [5, 5.41) is 0. The highest BCUT2D eigenvalue weighted by Crippen LogP contribution is 2.51. The van der Waals surface area contributed by atoms with Crippen molar-refractivity contribution in [3.63, 3.8) is 0 Å². The zero-order chi connectivity index (χ0) is 66.1. The van der Waals surface area contributed by atoms with Gasteiger partial charge in [0.15, 0.2) is 49.3 Å². The van der Waals surface area contributed by atoms with Crippen molar-refractivity contribution in [1.82, 2.24) is 78.4 Å². The van der Waals surface area contributed by atoms with Gasteiger partial charge in [-0.15, -0.1) is 0 Å². The molecule has 2 aromatic rings. The maximum atomic E-state index is 15.4. The second kappa shape index (κ2) is 21.6. The van der Waals surface area contributed by atoms with Crippen molar-refractivity contribution < 1.29 is 95.4 Å². The fourth-order valence-corrected chi connectivity index (χ4v) is 15.7. The van der Waals surface area contributed by atoms with Crippen molar-refractivity contribution in [2.75, 3.05) is 66.4 Å². The Bertz CT molecular complexity index is 3260. The van der Waals surface area contributed by atoms with Crippen LogP contribution in [0.5, 0.6) is 23.0 Å². The van der Waals surface area contributed by atoms with E-state index in [0.29, 0.717) is 45.3 Å². The number of esters is 4. The van der Waals surface area contributed by atoms with Crippen LogP contribution in [0.2, 0.25) is 0 Å². The first kappa shape index (κ1) is 60.0. The van der Waals surface area contributed by atoms with Crippen molar-refractivity contribution in [2.24, 2.45) is 0 Å². The molecule has 500 valence electrons. The van der Waals surface area contributed by atoms with Gasteiger partial charge < -0.3 is 37.9 Å². The van der Waals surface area contributed by atoms with Gasteiger partial charge in [0, 0.05) is 49.9 Å². The Morgan fingerprint density at radius 2 is 0.447 bits per heavy atom. The van der Waals surface area contributed by atoms with E-state index in [1.165, 1.54) is 106 Å². The van der Waals surface area contributed by atoms with Gasteiger partial charge in [0.2, 0.25) is 0 Å². The van der Waals surface area contributed by atoms with Crippen LogP contribution in [0.25, 0.3) is 0 Å². The van der Waals surface area contributed by atoms with Crippen LogP contribution >= 0.6 is 0 Å². The third-order valence-electron chi connectivity index (χ3n) is 19.3. The molecule has 0 N–H and O–H groups in total. The number of urea groups is 8. The van der Waals surface area contributed by atoms with Crippen LogP contribution < -0.4 is 18.9 Å². The van der Waals surface area contributed by atoms with E-state index in [-0.39, 0.29) is 52.6 Å². The number of ether oxygens (including phenoxy) is 8. The summed E-state index contributed by atoms with van der Waals surface area (Å²) in [6.45, 7) is 8.21. The monoisotopic (exact) mass is 1310 g/mol. The fourth-order valence-electron chi connectivity index (χ4n) is 15.7. The molecule has 11 fully saturated rings. The lowest BCUT2D eigenvalue weighted by Crippen LogP contribution is -2.63. The molecule has 13 aliphatic heterocycles. The summed E-state index contributed by atoms with van der Waals surface area (Å²) < 4.78 is 46.4. The van der Waals surface area contributed by atoms with Gasteiger partial charge in [0.1, 0.15) is 114 Å². The van der Waals surface area contributed by atoms with Crippen LogP contribution in [-0.4, -0.2) is 291 Å². The topological polar surface area (TPSA) is 331 Å². The molecule has 0 aromatic heterocycles. The molecule has 36 heteroatoms. The predicted octanol–water partition coefficient (Wildman–Crippen LogP) is 1.03. The SMILES string of the molecule is CC(=O)O[C@@H](C)COc1ccc(OC[C@H](C)OC(C)=O)c2c1CN1C(=O)N3CN4C(=O)N5CN6C(=O)N7CN8C(=O)N9Cc%10c(OC[C@H](C)OC(C)=O)ccc(OC[C@H](C)OC(C)=O)c%10CN%10C(=O)N(CN%11C(=O)N(CN%12C(=O)N(CN%13C(=O)N(C2)C1C3%13)C4C5%12)C6C7%11)C8C9%10. The summed E-state index contributed by atoms with van der Waals surface area (Å²) >= 11 is 0. The van der Waals surface area contributed by atoms with Gasteiger partial charge in [0.25, 0.3) is 0 Å². The van der Waals surface area contributed by atoms with Gasteiger partial charge in [-0.05, 0) is 52.0 Å². The highest BCUT2D eigenvalue weighted by Gasteiger charge is 2.72. The largest absolute Gasteiger partial charge is 0.489 e. The molecule has 2 aromatic carbocycles. The minimum absolute atomic E-state index is 0.0735. The summed E-state index contributed by atoms with van der Waals surface area (Å²) in [5.74, 6) is -0.843. The molecule has 4 atom stereocenters. The molecule has 94 heavy (non-hydrogen) atoms. The Labute approximate surface area is 535 Å². The highest BCUT2D eigenvalue weighted by molar-refractivity contribution is 5.93. The molecule has 15 rings (SSSR count). The van der Waals surface area contributed by atoms with E-state index in [9.17, 15) is 19.2 Å². The summed E-state index contributed by atoms with van der Waals surface area (Å²) in [5.41, 5.74) is 1.89. The number of nitrogens with zero attached hydrogens (tertiary/aromatic N) is 16. The zero-order valence-electron chi connectivity index (χ0n) is 52.5. The molecule has 0 radical (unpaired) electrons. The molecule has 16 amide bonds. The van der Waals surface area contributed by atoms with Crippen molar-refractivity contribution in [3.8, 4) is 23.0 Å². The molecule has 0 saturated carbocycles. The van der Waals surface area contributed by atoms with Gasteiger partial charge in [-0.3, -0.25) is 97.6 Å². The number of fused-ring (bicyclic) bond motifs is 2. The average molecular weight is 1310 g/mol. The minimum Gasteiger partial charge on any atom is -0.489 e. The van der Waals surface area contributed by atoms with Gasteiger partial charge in [0.05, 0.1) is 26.2 Å². The van der Waals surface area contributed by atoms with Gasteiger partial charge in [-0.25, -0.2) is 38.4 Å². The molecular formula is C58H68N16O20. The van der Waals surface area contributed by atoms with Gasteiger partial charge in [-0.1, -0.05) is 0 Å². The van der Waals surface area contributed by atoms with Crippen molar-refractivity contribution in [3.05, 3.63) is 46.5 Å². The number of hydrogen-bond acceptors (Lipinski definition) is 20. The van der Waals surface area contributed by atoms with E-state index in [2.05, 4.69) is 0 Å². The number of amides is 16. The van der Waals surface area contributed by atoms with Crippen LogP contribution in [0.3, 0.4) is 0 Å². The molecule has 0 unspecified atom stereocenters. The molecule has 0 aliphatic carbocycles. The van der Waals surface area contributed by atoms with Crippen LogP contribution in [0.4, 0.5) is 38.4 Å². The normalized spacial score (nSPS) is 27.6. The van der Waals surface area contributed by atoms with E-state index in [1.807, 2.05) is 0 Å². The lowest BCUT2D eigenvalue weighted by molar-refractivity contribution is -0.147. The Kier molecular flexibility index (Phi) is 13.8. The first-order valence-corrected chi connectivity index (χ1v) is 31.0. The molecule has 13 aliphatic rings. The van der Waals surface area contributed by atoms with E-state index < -0.39 is 186 Å². The van der Waals surface area contributed by atoms with Crippen LogP contribution in [0.1, 0.15) is 77.6 Å². The molecule has 13 heterocycles. The van der Waals surface area contributed by atoms with Crippen molar-refractivity contribution >= 4 is 72.1 Å². The molecule has 0 spiro atoms. The highest BCUT2D eigenvalue weighted by atomic mass is 16.6. The molecular weight excluding hydrogens is 1240 g/mol. The first-order chi connectivity index (χ1) is 44.9. The number of carbonyl (C=O) groups excluding carboxylic acids is 12. The van der Waals surface area contributed by atoms with E-state index >= 15 is 38.4 Å². The van der Waals surface area contributed by atoms with E-state index in [1.54, 1.807) is 52.0 Å². The van der Waals surface area contributed by atoms with Gasteiger partial charge in [-0.2, -0.15) is 0 Å². The number of benzene rings is 2. The third-order valence-corrected chi connectivity index (χ3v) is 19.3. The molecule has 36 nitrogen and oxygen atoms in total. The van der Waals surface area contributed by atoms with Gasteiger partial charge >= 0.3 is 72.1 Å². The van der Waals surface area contributed by atoms with E-state index in [0.717, 1.165) is 0 Å². The third kappa shape index (κ3) is 8.95. The number of carbonyl (C=O) groups is 12. The predicted molar refractivity (Wildman–Crippen MR) is 307 cm³/mol. The lowest BCUT2D eigenvalue weighted by Gasteiger charge is -2.42. The Balaban J connectivity index is 0.728. The molecule has 11 saturated heterocycles. The summed E-state index contributed by atoms with van der Waals surface area (Å²) in [4.78, 5) is 193. The Morgan fingerprint density at radius 3 is 0.606 bits per heavy atom. The standard InChI is InChI=1S/C58H68N16O20/c1-27(91-31(5)75)17-87-39-9-10-40(88-18-28(2)92-32(6)76)36-14-60-43-45-63(51(79)59(43)13-35(36)39)21-67-47-49-71(55(67)83)25-73-50-48-69(57(73)85)23-65-46-44-61(53(65)81)15-37-38(42(90-20-30(4)94-34(8)78)12-11-41(37)89-19-29(3)93-33(7)77)16-62(44)54(82)66(46)24-70(48)58(86)74(50)26-72(49)56(84)68(47)22-64(45)52(60)80/h9-12,27-30,43-50H,13-26H2,1-8H3/t27-,28-,29-,30-,43?,44?,45?,46?,47?,48?,49?,50?/m0/s1. The molecule has 0 bridgehead atoms. The Morgan fingerprint density at radius 1 is 0.298 bits per heavy atom. The average Bonchev–Trinajstić information content (AvgIpc) is 1.53. The fraction of sp³-hybridized carbons (Fsp3) is 0.586. The van der Waals surface area contributed by atoms with Crippen LogP contribution in [0, 0.1) is 0 Å². The minimum atomic E-state index is -1.19. The van der Waals surface area contributed by atoms with Crippen molar-refractivity contribution in [2.45, 2.75) is 155 Å². The maximum absolute atomic E-state index is 15.4. The second-order valence-electron chi connectivity index (χ2n) is 25.5. The summed E-state index contributed by atoms with van der Waals surface area (Å²) in [6.07, 6.45) is -11.6. The maximum Gasteiger partial charge on any atom is 0.326 e. The number of hydrogen-bond donors (Lipinski definition) is 0. The summed E-state index contributed by atoms with van der Waals surface area (Å²) in [6, 6.07) is 1.61. The quantitative estimate of drug-likeness (QED) is 0.167. The Hall–Kier alpha value is -10.3. The second-order valence-corrected chi connectivity index (χ2v) is 25.5. The zero-order valence-corrected chi connectivity index (χ0v) is 52.5. The summed E-state index contributed by atoms with van der Waals surface area (Å²) in [7, 11) is 0. The van der Waals surface area contributed by atoms with Crippen LogP contribution in [-0.2, 0) is 64.3 Å². The smallest absolute Gasteiger partial charge is 0.326 e. The van der Waals surface area contributed by atoms with Crippen LogP contribution in [0.15, 0.2) is 24.3 Å². The number of rotatable bonds is 16. The lowest BCUT2D eigenvalue weighted by atomic mass is 10.0. The van der Waals surface area contributed by atoms with Crippen molar-refractivity contribution in [1.29, 1.82) is 0 Å².